The fraction of sp³-hybridized carbons (Fsp3) is 0.545. The summed E-state index contributed by atoms with van der Waals surface area (Å²) in [7, 11) is 0. The fourth-order valence-electron chi connectivity index (χ4n) is 1.87. The molecule has 1 N–H and O–H groups in total. The maximum absolute atomic E-state index is 11.9. The lowest BCUT2D eigenvalue weighted by Gasteiger charge is -2.38. The van der Waals surface area contributed by atoms with Crippen molar-refractivity contribution >= 4 is 29.1 Å². The van der Waals surface area contributed by atoms with Gasteiger partial charge in [-0.15, -0.1) is 0 Å². The maximum Gasteiger partial charge on any atom is 0.257 e. The number of amides is 1. The van der Waals surface area contributed by atoms with Crippen LogP contribution in [0.2, 0.25) is 10.3 Å². The molecule has 0 atom stereocenters. The Hall–Kier alpha value is -0.870. The Labute approximate surface area is 110 Å². The molecule has 1 amide bonds. The summed E-state index contributed by atoms with van der Waals surface area (Å²) in [6.07, 6.45) is 4.73. The van der Waals surface area contributed by atoms with Crippen LogP contribution in [0.5, 0.6) is 0 Å². The first-order chi connectivity index (χ1) is 8.02. The van der Waals surface area contributed by atoms with Gasteiger partial charge in [0.25, 0.3) is 5.91 Å². The molecule has 2 rings (SSSR count). The molecule has 1 aromatic rings. The van der Waals surface area contributed by atoms with Crippen molar-refractivity contribution in [2.75, 3.05) is 6.54 Å². The molecular weight excluding hydrogens is 261 g/mol. The highest BCUT2D eigenvalue weighted by Crippen LogP contribution is 2.39. The molecule has 0 bridgehead atoms. The summed E-state index contributed by atoms with van der Waals surface area (Å²) < 4.78 is 0. The second-order valence-corrected chi connectivity index (χ2v) is 5.39. The standard InChI is InChI=1S/C11H13Cl2N3O/c1-11(3-2-4-11)5-14-10(17)7-8(12)15-6-16-9(7)13/h6H,2-5H2,1H3,(H,14,17). The highest BCUT2D eigenvalue weighted by molar-refractivity contribution is 6.38. The fourth-order valence-corrected chi connectivity index (χ4v) is 2.36. The summed E-state index contributed by atoms with van der Waals surface area (Å²) in [4.78, 5) is 19.4. The van der Waals surface area contributed by atoms with E-state index in [1.807, 2.05) is 0 Å². The Balaban J connectivity index is 2.04. The van der Waals surface area contributed by atoms with Crippen LogP contribution in [0.25, 0.3) is 0 Å². The van der Waals surface area contributed by atoms with Crippen molar-refractivity contribution in [1.82, 2.24) is 15.3 Å². The molecule has 1 saturated carbocycles. The summed E-state index contributed by atoms with van der Waals surface area (Å²) in [6.45, 7) is 2.79. The van der Waals surface area contributed by atoms with E-state index in [0.29, 0.717) is 6.54 Å². The van der Waals surface area contributed by atoms with E-state index in [4.69, 9.17) is 23.2 Å². The van der Waals surface area contributed by atoms with Crippen molar-refractivity contribution in [3.8, 4) is 0 Å². The van der Waals surface area contributed by atoms with Gasteiger partial charge in [-0.2, -0.15) is 0 Å². The van der Waals surface area contributed by atoms with Gasteiger partial charge in [-0.3, -0.25) is 4.79 Å². The van der Waals surface area contributed by atoms with Crippen LogP contribution in [-0.2, 0) is 0 Å². The van der Waals surface area contributed by atoms with Crippen LogP contribution in [0.3, 0.4) is 0 Å². The van der Waals surface area contributed by atoms with Crippen molar-refractivity contribution in [3.63, 3.8) is 0 Å². The van der Waals surface area contributed by atoms with Crippen molar-refractivity contribution in [3.05, 3.63) is 22.2 Å². The Morgan fingerprint density at radius 3 is 2.47 bits per heavy atom. The van der Waals surface area contributed by atoms with Crippen LogP contribution in [-0.4, -0.2) is 22.4 Å². The number of carbonyl (C=O) groups excluding carboxylic acids is 1. The number of rotatable bonds is 3. The van der Waals surface area contributed by atoms with Gasteiger partial charge in [0.05, 0.1) is 0 Å². The van der Waals surface area contributed by atoms with Gasteiger partial charge in [0.2, 0.25) is 0 Å². The molecule has 1 aromatic heterocycles. The van der Waals surface area contributed by atoms with E-state index in [1.165, 1.54) is 12.7 Å². The number of carbonyl (C=O) groups is 1. The first kappa shape index (κ1) is 12.6. The number of nitrogens with one attached hydrogen (secondary N) is 1. The number of hydrogen-bond donors (Lipinski definition) is 1. The zero-order valence-corrected chi connectivity index (χ0v) is 11.0. The van der Waals surface area contributed by atoms with Crippen molar-refractivity contribution in [2.24, 2.45) is 5.41 Å². The van der Waals surface area contributed by atoms with Gasteiger partial charge in [0.1, 0.15) is 22.2 Å². The second-order valence-electron chi connectivity index (χ2n) is 4.68. The predicted molar refractivity (Wildman–Crippen MR) is 66.3 cm³/mol. The molecule has 17 heavy (non-hydrogen) atoms. The SMILES string of the molecule is CC1(CNC(=O)c2c(Cl)ncnc2Cl)CCC1. The van der Waals surface area contributed by atoms with Gasteiger partial charge in [0, 0.05) is 6.54 Å². The first-order valence-electron chi connectivity index (χ1n) is 5.46. The molecule has 0 aliphatic heterocycles. The Morgan fingerprint density at radius 1 is 1.41 bits per heavy atom. The molecule has 1 aliphatic rings. The molecule has 0 saturated heterocycles. The Morgan fingerprint density at radius 2 is 2.00 bits per heavy atom. The van der Waals surface area contributed by atoms with Crippen LogP contribution < -0.4 is 5.32 Å². The third kappa shape index (κ3) is 2.69. The average molecular weight is 274 g/mol. The van der Waals surface area contributed by atoms with Gasteiger partial charge in [0.15, 0.2) is 0 Å². The number of nitrogens with zero attached hydrogens (tertiary/aromatic N) is 2. The van der Waals surface area contributed by atoms with E-state index in [0.717, 1.165) is 12.8 Å². The van der Waals surface area contributed by atoms with E-state index in [2.05, 4.69) is 22.2 Å². The summed E-state index contributed by atoms with van der Waals surface area (Å²) in [5.74, 6) is -0.311. The lowest BCUT2D eigenvalue weighted by Crippen LogP contribution is -2.40. The molecule has 0 radical (unpaired) electrons. The summed E-state index contributed by atoms with van der Waals surface area (Å²) in [5.41, 5.74) is 0.364. The van der Waals surface area contributed by atoms with Crippen LogP contribution in [0.4, 0.5) is 0 Å². The molecule has 92 valence electrons. The molecule has 1 aliphatic carbocycles. The van der Waals surface area contributed by atoms with E-state index in [9.17, 15) is 4.79 Å². The third-order valence-electron chi connectivity index (χ3n) is 3.22. The Kier molecular flexibility index (Phi) is 3.54. The molecule has 6 heteroatoms. The highest BCUT2D eigenvalue weighted by atomic mass is 35.5. The average Bonchev–Trinajstić information content (AvgIpc) is 2.23. The van der Waals surface area contributed by atoms with Gasteiger partial charge >= 0.3 is 0 Å². The zero-order chi connectivity index (χ0) is 12.5. The van der Waals surface area contributed by atoms with Gasteiger partial charge in [-0.05, 0) is 18.3 Å². The molecular formula is C11H13Cl2N3O. The van der Waals surface area contributed by atoms with Gasteiger partial charge < -0.3 is 5.32 Å². The van der Waals surface area contributed by atoms with Gasteiger partial charge in [-0.1, -0.05) is 36.5 Å². The third-order valence-corrected chi connectivity index (χ3v) is 3.79. The highest BCUT2D eigenvalue weighted by Gasteiger charge is 2.32. The second kappa shape index (κ2) is 4.78. The van der Waals surface area contributed by atoms with E-state index >= 15 is 0 Å². The smallest absolute Gasteiger partial charge is 0.257 e. The van der Waals surface area contributed by atoms with E-state index < -0.39 is 0 Å². The topological polar surface area (TPSA) is 54.9 Å². The summed E-state index contributed by atoms with van der Waals surface area (Å²) in [5, 5.41) is 3.00. The van der Waals surface area contributed by atoms with Crippen LogP contribution in [0.15, 0.2) is 6.33 Å². The monoisotopic (exact) mass is 273 g/mol. The maximum atomic E-state index is 11.9. The number of aromatic nitrogens is 2. The van der Waals surface area contributed by atoms with E-state index in [-0.39, 0.29) is 27.2 Å². The minimum absolute atomic E-state index is 0.0845. The molecule has 1 heterocycles. The van der Waals surface area contributed by atoms with E-state index in [1.54, 1.807) is 0 Å². The van der Waals surface area contributed by atoms with Crippen LogP contribution in [0, 0.1) is 5.41 Å². The minimum atomic E-state index is -0.311. The quantitative estimate of drug-likeness (QED) is 0.862. The lowest BCUT2D eigenvalue weighted by molar-refractivity contribution is 0.0890. The van der Waals surface area contributed by atoms with Crippen molar-refractivity contribution in [1.29, 1.82) is 0 Å². The predicted octanol–water partition coefficient (Wildman–Crippen LogP) is 2.70. The minimum Gasteiger partial charge on any atom is -0.351 e. The van der Waals surface area contributed by atoms with Gasteiger partial charge in [-0.25, -0.2) is 9.97 Å². The molecule has 4 nitrogen and oxygen atoms in total. The molecule has 0 spiro atoms. The summed E-state index contributed by atoms with van der Waals surface area (Å²) >= 11 is 11.7. The van der Waals surface area contributed by atoms with Crippen LogP contribution in [0.1, 0.15) is 36.5 Å². The Bertz CT molecular complexity index is 426. The normalized spacial score (nSPS) is 17.4. The number of halogens is 2. The summed E-state index contributed by atoms with van der Waals surface area (Å²) in [6, 6.07) is 0. The van der Waals surface area contributed by atoms with Crippen molar-refractivity contribution in [2.45, 2.75) is 26.2 Å². The largest absolute Gasteiger partial charge is 0.351 e. The lowest BCUT2D eigenvalue weighted by atomic mass is 9.70. The van der Waals surface area contributed by atoms with Crippen molar-refractivity contribution < 1.29 is 4.79 Å². The van der Waals surface area contributed by atoms with Crippen LogP contribution >= 0.6 is 23.2 Å². The zero-order valence-electron chi connectivity index (χ0n) is 9.46. The molecule has 0 unspecified atom stereocenters. The number of hydrogen-bond acceptors (Lipinski definition) is 3. The molecule has 0 aromatic carbocycles. The molecule has 1 fully saturated rings. The first-order valence-corrected chi connectivity index (χ1v) is 6.22.